The van der Waals surface area contributed by atoms with Gasteiger partial charge >= 0.3 is 12.0 Å². The fourth-order valence-electron chi connectivity index (χ4n) is 1.13. The summed E-state index contributed by atoms with van der Waals surface area (Å²) in [6.45, 7) is 0.248. The van der Waals surface area contributed by atoms with Crippen LogP contribution in [0.1, 0.15) is 25.0 Å². The molecule has 1 heterocycles. The summed E-state index contributed by atoms with van der Waals surface area (Å²) in [4.78, 5) is 36.7. The lowest BCUT2D eigenvalue weighted by atomic mass is 10.2. The number of urea groups is 1. The van der Waals surface area contributed by atoms with Crippen LogP contribution in [0.25, 0.3) is 0 Å². The van der Waals surface area contributed by atoms with E-state index in [0.29, 0.717) is 5.69 Å². The summed E-state index contributed by atoms with van der Waals surface area (Å²) in [6.07, 6.45) is 0.130. The predicted molar refractivity (Wildman–Crippen MR) is 64.0 cm³/mol. The van der Waals surface area contributed by atoms with Crippen LogP contribution in [-0.4, -0.2) is 28.0 Å². The lowest BCUT2D eigenvalue weighted by molar-refractivity contribution is -0.137. The first-order chi connectivity index (χ1) is 8.58. The van der Waals surface area contributed by atoms with Crippen molar-refractivity contribution in [2.75, 3.05) is 0 Å². The van der Waals surface area contributed by atoms with Gasteiger partial charge in [-0.05, 0) is 6.42 Å². The first kappa shape index (κ1) is 14.1. The number of aromatic nitrogens is 1. The molecule has 0 saturated heterocycles. The van der Waals surface area contributed by atoms with E-state index in [1.165, 1.54) is 11.3 Å². The lowest BCUT2D eigenvalue weighted by Crippen LogP contribution is -2.39. The van der Waals surface area contributed by atoms with Crippen molar-refractivity contribution < 1.29 is 19.5 Å². The fraction of sp³-hybridized carbons (Fsp3) is 0.400. The quantitative estimate of drug-likeness (QED) is 0.706. The first-order valence-corrected chi connectivity index (χ1v) is 6.18. The van der Waals surface area contributed by atoms with Crippen molar-refractivity contribution in [2.24, 2.45) is 0 Å². The minimum atomic E-state index is -0.962. The van der Waals surface area contributed by atoms with Crippen molar-refractivity contribution in [3.05, 3.63) is 16.6 Å². The maximum atomic E-state index is 11.3. The second-order valence-electron chi connectivity index (χ2n) is 3.46. The number of rotatable bonds is 6. The van der Waals surface area contributed by atoms with E-state index >= 15 is 0 Å². The molecule has 1 aromatic rings. The van der Waals surface area contributed by atoms with Crippen LogP contribution in [0.2, 0.25) is 0 Å². The number of hydrogen-bond donors (Lipinski definition) is 3. The highest BCUT2D eigenvalue weighted by molar-refractivity contribution is 7.07. The summed E-state index contributed by atoms with van der Waals surface area (Å²) in [7, 11) is 0. The molecule has 0 aliphatic carbocycles. The van der Waals surface area contributed by atoms with E-state index in [-0.39, 0.29) is 25.8 Å². The molecule has 0 aromatic carbocycles. The Morgan fingerprint density at radius 1 is 1.33 bits per heavy atom. The van der Waals surface area contributed by atoms with Gasteiger partial charge in [-0.3, -0.25) is 14.9 Å². The molecule has 0 atom stereocenters. The molecule has 98 valence electrons. The van der Waals surface area contributed by atoms with Gasteiger partial charge < -0.3 is 10.4 Å². The van der Waals surface area contributed by atoms with Gasteiger partial charge in [0.25, 0.3) is 0 Å². The Morgan fingerprint density at radius 2 is 2.11 bits per heavy atom. The smallest absolute Gasteiger partial charge is 0.321 e. The van der Waals surface area contributed by atoms with E-state index < -0.39 is 17.9 Å². The van der Waals surface area contributed by atoms with Gasteiger partial charge in [-0.1, -0.05) is 0 Å². The number of aliphatic carboxylic acids is 1. The Balaban J connectivity index is 2.15. The van der Waals surface area contributed by atoms with Crippen molar-refractivity contribution in [3.63, 3.8) is 0 Å². The van der Waals surface area contributed by atoms with Crippen LogP contribution in [0, 0.1) is 0 Å². The monoisotopic (exact) mass is 271 g/mol. The number of hydrogen-bond acceptors (Lipinski definition) is 5. The normalized spacial score (nSPS) is 9.78. The molecule has 0 radical (unpaired) electrons. The second-order valence-corrected chi connectivity index (χ2v) is 4.18. The number of carboxylic acid groups (broad SMARTS) is 1. The molecule has 0 aliphatic rings. The van der Waals surface area contributed by atoms with Gasteiger partial charge in [-0.25, -0.2) is 9.78 Å². The van der Waals surface area contributed by atoms with Gasteiger partial charge in [0.05, 0.1) is 17.7 Å². The summed E-state index contributed by atoms with van der Waals surface area (Å²) in [5.74, 6) is -1.46. The average molecular weight is 271 g/mol. The van der Waals surface area contributed by atoms with Crippen molar-refractivity contribution in [1.29, 1.82) is 0 Å². The molecule has 3 N–H and O–H groups in total. The summed E-state index contributed by atoms with van der Waals surface area (Å²) < 4.78 is 0. The van der Waals surface area contributed by atoms with Gasteiger partial charge in [-0.2, -0.15) is 0 Å². The summed E-state index contributed by atoms with van der Waals surface area (Å²) >= 11 is 1.41. The Labute approximate surface area is 107 Å². The van der Waals surface area contributed by atoms with Gasteiger partial charge in [0.1, 0.15) is 0 Å². The molecule has 0 fully saturated rings. The number of nitrogens with one attached hydrogen (secondary N) is 2. The standard InChI is InChI=1S/C10H13N3O4S/c14-8(2-1-3-9(15)16)13-10(17)11-4-7-5-18-6-12-7/h5-6H,1-4H2,(H,15,16)(H2,11,13,14,17). The summed E-state index contributed by atoms with van der Waals surface area (Å²) in [6, 6.07) is -0.608. The molecule has 7 nitrogen and oxygen atoms in total. The van der Waals surface area contributed by atoms with E-state index in [2.05, 4.69) is 15.6 Å². The molecule has 0 saturated carbocycles. The average Bonchev–Trinajstić information content (AvgIpc) is 2.78. The number of carboxylic acids is 1. The Hall–Kier alpha value is -1.96. The van der Waals surface area contributed by atoms with E-state index in [0.717, 1.165) is 0 Å². The van der Waals surface area contributed by atoms with Gasteiger partial charge in [0, 0.05) is 18.2 Å². The zero-order valence-corrected chi connectivity index (χ0v) is 10.3. The largest absolute Gasteiger partial charge is 0.481 e. The van der Waals surface area contributed by atoms with E-state index in [9.17, 15) is 14.4 Å². The van der Waals surface area contributed by atoms with Crippen LogP contribution in [-0.2, 0) is 16.1 Å². The molecule has 0 aliphatic heterocycles. The van der Waals surface area contributed by atoms with E-state index in [4.69, 9.17) is 5.11 Å². The van der Waals surface area contributed by atoms with Crippen LogP contribution < -0.4 is 10.6 Å². The second kappa shape index (κ2) is 7.38. The number of nitrogens with zero attached hydrogens (tertiary/aromatic N) is 1. The fourth-order valence-corrected chi connectivity index (χ4v) is 1.69. The van der Waals surface area contributed by atoms with Gasteiger partial charge in [-0.15, -0.1) is 11.3 Å². The maximum Gasteiger partial charge on any atom is 0.321 e. The molecule has 8 heteroatoms. The number of carbonyl (C=O) groups is 3. The molecular weight excluding hydrogens is 258 g/mol. The summed E-state index contributed by atoms with van der Waals surface area (Å²) in [5, 5.41) is 14.7. The number of carbonyl (C=O) groups excluding carboxylic acids is 2. The van der Waals surface area contributed by atoms with Crippen molar-refractivity contribution in [2.45, 2.75) is 25.8 Å². The molecule has 18 heavy (non-hydrogen) atoms. The summed E-state index contributed by atoms with van der Waals surface area (Å²) in [5.41, 5.74) is 2.36. The minimum Gasteiger partial charge on any atom is -0.481 e. The third-order valence-electron chi connectivity index (χ3n) is 1.96. The van der Waals surface area contributed by atoms with E-state index in [1.54, 1.807) is 10.9 Å². The van der Waals surface area contributed by atoms with Gasteiger partial charge in [0.2, 0.25) is 5.91 Å². The third-order valence-corrected chi connectivity index (χ3v) is 2.60. The zero-order chi connectivity index (χ0) is 13.4. The van der Waals surface area contributed by atoms with Crippen LogP contribution in [0.5, 0.6) is 0 Å². The van der Waals surface area contributed by atoms with Crippen molar-refractivity contribution in [1.82, 2.24) is 15.6 Å². The zero-order valence-electron chi connectivity index (χ0n) is 9.51. The molecule has 3 amide bonds. The highest BCUT2D eigenvalue weighted by atomic mass is 32.1. The molecule has 1 rings (SSSR count). The van der Waals surface area contributed by atoms with Crippen LogP contribution in [0.3, 0.4) is 0 Å². The number of thiazole rings is 1. The minimum absolute atomic E-state index is 0.0103. The molecule has 0 spiro atoms. The van der Waals surface area contributed by atoms with Gasteiger partial charge in [0.15, 0.2) is 0 Å². The third kappa shape index (κ3) is 5.94. The molecule has 1 aromatic heterocycles. The molecular formula is C10H13N3O4S. The first-order valence-electron chi connectivity index (χ1n) is 5.24. The van der Waals surface area contributed by atoms with Crippen LogP contribution in [0.15, 0.2) is 10.9 Å². The Bertz CT molecular complexity index is 419. The number of amides is 3. The Kier molecular flexibility index (Phi) is 5.78. The van der Waals surface area contributed by atoms with Crippen LogP contribution >= 0.6 is 11.3 Å². The van der Waals surface area contributed by atoms with Crippen molar-refractivity contribution >= 4 is 29.2 Å². The topological polar surface area (TPSA) is 108 Å². The SMILES string of the molecule is O=C(O)CCCC(=O)NC(=O)NCc1cscn1. The molecule has 0 bridgehead atoms. The molecule has 0 unspecified atom stereocenters. The predicted octanol–water partition coefficient (Wildman–Crippen LogP) is 0.724. The van der Waals surface area contributed by atoms with E-state index in [1.807, 2.05) is 0 Å². The Morgan fingerprint density at radius 3 is 2.72 bits per heavy atom. The highest BCUT2D eigenvalue weighted by Crippen LogP contribution is 1.99. The maximum absolute atomic E-state index is 11.3. The highest BCUT2D eigenvalue weighted by Gasteiger charge is 2.08. The van der Waals surface area contributed by atoms with Crippen molar-refractivity contribution in [3.8, 4) is 0 Å². The number of imide groups is 1. The van der Waals surface area contributed by atoms with Crippen LogP contribution in [0.4, 0.5) is 4.79 Å². The lowest BCUT2D eigenvalue weighted by Gasteiger charge is -2.04.